The van der Waals surface area contributed by atoms with Crippen LogP contribution >= 0.6 is 0 Å². The van der Waals surface area contributed by atoms with Crippen molar-refractivity contribution in [1.29, 1.82) is 5.41 Å². The lowest BCUT2D eigenvalue weighted by Gasteiger charge is -2.17. The van der Waals surface area contributed by atoms with E-state index >= 15 is 0 Å². The number of ketones is 1. The summed E-state index contributed by atoms with van der Waals surface area (Å²) >= 11 is 0. The third kappa shape index (κ3) is 4.67. The average molecular weight is 430 g/mol. The third-order valence-electron chi connectivity index (χ3n) is 6.92. The summed E-state index contributed by atoms with van der Waals surface area (Å²) in [5.41, 5.74) is 10.0. The number of nitrogens with two attached hydrogens (primary N) is 1. The van der Waals surface area contributed by atoms with E-state index in [0.29, 0.717) is 18.4 Å². The molecule has 0 saturated heterocycles. The number of amidine groups is 1. The van der Waals surface area contributed by atoms with E-state index in [1.54, 1.807) is 19.1 Å². The molecule has 2 atom stereocenters. The lowest BCUT2D eigenvalue weighted by molar-refractivity contribution is -0.129. The molecule has 32 heavy (non-hydrogen) atoms. The summed E-state index contributed by atoms with van der Waals surface area (Å²) in [6.07, 6.45) is 7.20. The highest BCUT2D eigenvalue weighted by molar-refractivity contribution is 5.95. The maximum Gasteiger partial charge on any atom is 0.227 e. The molecule has 0 bridgehead atoms. The fourth-order valence-electron chi connectivity index (χ4n) is 4.74. The van der Waals surface area contributed by atoms with Gasteiger partial charge < -0.3 is 11.1 Å². The number of hydrogen-bond donors (Lipinski definition) is 3. The van der Waals surface area contributed by atoms with E-state index in [1.807, 2.05) is 18.2 Å². The Balaban J connectivity index is 1.30. The number of aryl methyl sites for hydroxylation is 1. The lowest BCUT2D eigenvalue weighted by Crippen LogP contribution is -2.41. The summed E-state index contributed by atoms with van der Waals surface area (Å²) in [6.45, 7) is 1.77. The molecule has 2 aromatic carbocycles. The van der Waals surface area contributed by atoms with Crippen LogP contribution in [0, 0.1) is 11.3 Å². The molecule has 1 fully saturated rings. The van der Waals surface area contributed by atoms with Crippen molar-refractivity contribution in [3.05, 3.63) is 82.9 Å². The maximum absolute atomic E-state index is 12.8. The van der Waals surface area contributed by atoms with Crippen LogP contribution in [0.4, 0.5) is 0 Å². The van der Waals surface area contributed by atoms with Crippen molar-refractivity contribution in [3.8, 4) is 0 Å². The smallest absolute Gasteiger partial charge is 0.227 e. The Morgan fingerprint density at radius 3 is 2.44 bits per heavy atom. The van der Waals surface area contributed by atoms with Crippen LogP contribution in [0.15, 0.2) is 66.2 Å². The standard InChI is InChI=1S/C27H31N3O2/c1-18(24(31)14-9-19-7-10-20(11-8-19)25(28)29)30-26(32)21-12-13-23(17-21)27(15-16-27)22-5-3-2-4-6-22/h2-8,10-11,17-18,21H,9,12-16H2,1H3,(H3,28,29)(H,30,32)/t18-,21+/m0/s1. The summed E-state index contributed by atoms with van der Waals surface area (Å²) in [5, 5.41) is 10.4. The molecule has 0 unspecified atom stereocenters. The SMILES string of the molecule is C[C@H](NC(=O)[C@H]1C=C(C2(c3ccccc3)CC2)CC1)C(=O)CCc1ccc(C(=N)N)cc1. The van der Waals surface area contributed by atoms with Crippen LogP contribution in [0.25, 0.3) is 0 Å². The van der Waals surface area contributed by atoms with E-state index in [1.165, 1.54) is 11.1 Å². The first-order valence-electron chi connectivity index (χ1n) is 11.4. The highest BCUT2D eigenvalue weighted by atomic mass is 16.2. The van der Waals surface area contributed by atoms with Gasteiger partial charge in [-0.25, -0.2) is 0 Å². The maximum atomic E-state index is 12.8. The summed E-state index contributed by atoms with van der Waals surface area (Å²) in [5.74, 6) is -0.139. The minimum atomic E-state index is -0.500. The van der Waals surface area contributed by atoms with Gasteiger partial charge in [-0.05, 0) is 50.2 Å². The fourth-order valence-corrected chi connectivity index (χ4v) is 4.74. The van der Waals surface area contributed by atoms with Crippen LogP contribution in [-0.2, 0) is 21.4 Å². The van der Waals surface area contributed by atoms with Crippen molar-refractivity contribution in [2.75, 3.05) is 0 Å². The molecule has 2 aliphatic rings. The number of nitrogen functional groups attached to an aromatic ring is 1. The normalized spacial score (nSPS) is 19.7. The van der Waals surface area contributed by atoms with Gasteiger partial charge in [0.2, 0.25) is 5.91 Å². The van der Waals surface area contributed by atoms with E-state index in [2.05, 4.69) is 35.7 Å². The molecule has 0 heterocycles. The molecule has 1 amide bonds. The largest absolute Gasteiger partial charge is 0.384 e. The molecule has 1 saturated carbocycles. The number of benzene rings is 2. The number of nitrogens with one attached hydrogen (secondary N) is 2. The van der Waals surface area contributed by atoms with Gasteiger partial charge in [-0.2, -0.15) is 0 Å². The van der Waals surface area contributed by atoms with Crippen LogP contribution in [0.2, 0.25) is 0 Å². The predicted octanol–water partition coefficient (Wildman–Crippen LogP) is 4.05. The molecule has 166 valence electrons. The molecule has 0 spiro atoms. The van der Waals surface area contributed by atoms with Crippen molar-refractivity contribution in [1.82, 2.24) is 5.32 Å². The van der Waals surface area contributed by atoms with E-state index in [0.717, 1.165) is 31.2 Å². The number of carbonyl (C=O) groups is 2. The first-order chi connectivity index (χ1) is 15.4. The molecule has 0 radical (unpaired) electrons. The number of Topliss-reactive ketones (excluding diaryl/α,β-unsaturated/α-hetero) is 1. The highest BCUT2D eigenvalue weighted by Gasteiger charge is 2.48. The van der Waals surface area contributed by atoms with Gasteiger partial charge in [0.25, 0.3) is 0 Å². The summed E-state index contributed by atoms with van der Waals surface area (Å²) < 4.78 is 0. The Bertz CT molecular complexity index is 1040. The van der Waals surface area contributed by atoms with E-state index in [4.69, 9.17) is 11.1 Å². The van der Waals surface area contributed by atoms with Crippen LogP contribution in [0.5, 0.6) is 0 Å². The molecule has 5 nitrogen and oxygen atoms in total. The van der Waals surface area contributed by atoms with Gasteiger partial charge in [0.05, 0.1) is 12.0 Å². The van der Waals surface area contributed by atoms with Gasteiger partial charge in [0, 0.05) is 17.4 Å². The van der Waals surface area contributed by atoms with E-state index in [9.17, 15) is 9.59 Å². The minimum absolute atomic E-state index is 0.0270. The Kier molecular flexibility index (Phi) is 6.26. The van der Waals surface area contributed by atoms with Gasteiger partial charge in [0.1, 0.15) is 5.84 Å². The lowest BCUT2D eigenvalue weighted by atomic mass is 9.87. The van der Waals surface area contributed by atoms with Crippen molar-refractivity contribution >= 4 is 17.5 Å². The average Bonchev–Trinajstić information content (AvgIpc) is 3.47. The number of hydrogen-bond acceptors (Lipinski definition) is 3. The second-order valence-corrected chi connectivity index (χ2v) is 9.09. The number of amides is 1. The van der Waals surface area contributed by atoms with Gasteiger partial charge in [-0.1, -0.05) is 66.2 Å². The van der Waals surface area contributed by atoms with Gasteiger partial charge in [0.15, 0.2) is 5.78 Å². The zero-order valence-corrected chi connectivity index (χ0v) is 18.6. The van der Waals surface area contributed by atoms with Crippen molar-refractivity contribution < 1.29 is 9.59 Å². The van der Waals surface area contributed by atoms with Gasteiger partial charge in [-0.3, -0.25) is 15.0 Å². The molecule has 2 aliphatic carbocycles. The van der Waals surface area contributed by atoms with Crippen molar-refractivity contribution in [3.63, 3.8) is 0 Å². The highest BCUT2D eigenvalue weighted by Crippen LogP contribution is 2.56. The second-order valence-electron chi connectivity index (χ2n) is 9.09. The monoisotopic (exact) mass is 429 g/mol. The Labute approximate surface area is 189 Å². The molecule has 4 rings (SSSR count). The molecule has 0 aliphatic heterocycles. The van der Waals surface area contributed by atoms with Crippen LogP contribution in [0.3, 0.4) is 0 Å². The number of allylic oxidation sites excluding steroid dienone is 1. The van der Waals surface area contributed by atoms with Gasteiger partial charge >= 0.3 is 0 Å². The van der Waals surface area contributed by atoms with Crippen molar-refractivity contribution in [2.24, 2.45) is 11.7 Å². The van der Waals surface area contributed by atoms with Gasteiger partial charge in [-0.15, -0.1) is 0 Å². The zero-order valence-electron chi connectivity index (χ0n) is 18.6. The number of carbonyl (C=O) groups excluding carboxylic acids is 2. The molecule has 2 aromatic rings. The van der Waals surface area contributed by atoms with E-state index in [-0.39, 0.29) is 28.9 Å². The van der Waals surface area contributed by atoms with Crippen LogP contribution in [-0.4, -0.2) is 23.6 Å². The predicted molar refractivity (Wildman–Crippen MR) is 127 cm³/mol. The topological polar surface area (TPSA) is 96.0 Å². The Morgan fingerprint density at radius 2 is 1.81 bits per heavy atom. The fraction of sp³-hybridized carbons (Fsp3) is 0.370. The van der Waals surface area contributed by atoms with Crippen molar-refractivity contribution in [2.45, 2.75) is 56.9 Å². The Hall–Kier alpha value is -3.21. The molecular formula is C27H31N3O2. The molecule has 0 aromatic heterocycles. The molecule has 4 N–H and O–H groups in total. The van der Waals surface area contributed by atoms with Crippen LogP contribution in [0.1, 0.15) is 55.7 Å². The zero-order chi connectivity index (χ0) is 22.7. The molecule has 5 heteroatoms. The number of rotatable bonds is 9. The van der Waals surface area contributed by atoms with Crippen LogP contribution < -0.4 is 11.1 Å². The summed E-state index contributed by atoms with van der Waals surface area (Å²) in [6, 6.07) is 17.4. The van der Waals surface area contributed by atoms with E-state index < -0.39 is 6.04 Å². The summed E-state index contributed by atoms with van der Waals surface area (Å²) in [7, 11) is 0. The first-order valence-corrected chi connectivity index (χ1v) is 11.4. The molecular weight excluding hydrogens is 398 g/mol. The third-order valence-corrected chi connectivity index (χ3v) is 6.92. The summed E-state index contributed by atoms with van der Waals surface area (Å²) in [4.78, 5) is 25.4. The first kappa shape index (κ1) is 22.0. The quantitative estimate of drug-likeness (QED) is 0.319. The Morgan fingerprint density at radius 1 is 1.12 bits per heavy atom. The second kappa shape index (κ2) is 9.11. The minimum Gasteiger partial charge on any atom is -0.384 e.